The Morgan fingerprint density at radius 3 is 2.37 bits per heavy atom. The van der Waals surface area contributed by atoms with Gasteiger partial charge in [0.1, 0.15) is 0 Å². The Labute approximate surface area is 109 Å². The van der Waals surface area contributed by atoms with Crippen LogP contribution in [0.4, 0.5) is 0 Å². The van der Waals surface area contributed by atoms with Crippen LogP contribution in [0.15, 0.2) is 54.9 Å². The first kappa shape index (κ1) is 12.9. The Balaban J connectivity index is 2.04. The van der Waals surface area contributed by atoms with Crippen LogP contribution in [0, 0.1) is 0 Å². The number of amides is 1. The van der Waals surface area contributed by atoms with Gasteiger partial charge >= 0.3 is 0 Å². The van der Waals surface area contributed by atoms with E-state index in [1.165, 1.54) is 12.4 Å². The summed E-state index contributed by atoms with van der Waals surface area (Å²) in [6.45, 7) is 0. The molecule has 5 heteroatoms. The molecule has 2 aromatic rings. The lowest BCUT2D eigenvalue weighted by Crippen LogP contribution is -2.40. The number of aromatic nitrogens is 1. The van der Waals surface area contributed by atoms with Crippen molar-refractivity contribution in [3.63, 3.8) is 0 Å². The summed E-state index contributed by atoms with van der Waals surface area (Å²) >= 11 is 0. The SMILES string of the molecule is O=C(NC(O)C(=O)c1ccccc1)c1cccnc1. The van der Waals surface area contributed by atoms with Crippen molar-refractivity contribution in [1.82, 2.24) is 10.3 Å². The van der Waals surface area contributed by atoms with Gasteiger partial charge in [-0.15, -0.1) is 0 Å². The zero-order chi connectivity index (χ0) is 13.7. The second kappa shape index (κ2) is 5.88. The zero-order valence-electron chi connectivity index (χ0n) is 9.98. The number of Topliss-reactive ketones (excluding diaryl/α,β-unsaturated/α-hetero) is 1. The molecule has 5 nitrogen and oxygen atoms in total. The van der Waals surface area contributed by atoms with E-state index in [0.29, 0.717) is 5.56 Å². The Morgan fingerprint density at radius 1 is 1.05 bits per heavy atom. The van der Waals surface area contributed by atoms with Gasteiger partial charge in [0.05, 0.1) is 5.56 Å². The molecule has 2 rings (SSSR count). The van der Waals surface area contributed by atoms with Crippen LogP contribution in [-0.2, 0) is 0 Å². The van der Waals surface area contributed by atoms with Gasteiger partial charge in [0, 0.05) is 18.0 Å². The van der Waals surface area contributed by atoms with E-state index in [0.717, 1.165) is 0 Å². The van der Waals surface area contributed by atoms with E-state index in [1.54, 1.807) is 42.5 Å². The van der Waals surface area contributed by atoms with Crippen molar-refractivity contribution in [2.24, 2.45) is 0 Å². The minimum Gasteiger partial charge on any atom is -0.367 e. The first-order valence-corrected chi connectivity index (χ1v) is 5.66. The van der Waals surface area contributed by atoms with Gasteiger partial charge in [-0.3, -0.25) is 14.6 Å². The number of hydrogen-bond donors (Lipinski definition) is 2. The van der Waals surface area contributed by atoms with Crippen molar-refractivity contribution in [2.75, 3.05) is 0 Å². The van der Waals surface area contributed by atoms with Gasteiger partial charge in [-0.2, -0.15) is 0 Å². The molecular weight excluding hydrogens is 244 g/mol. The molecule has 1 unspecified atom stereocenters. The van der Waals surface area contributed by atoms with E-state index in [9.17, 15) is 14.7 Å². The summed E-state index contributed by atoms with van der Waals surface area (Å²) in [6, 6.07) is 11.4. The highest BCUT2D eigenvalue weighted by Crippen LogP contribution is 2.03. The molecule has 19 heavy (non-hydrogen) atoms. The molecule has 2 N–H and O–H groups in total. The van der Waals surface area contributed by atoms with E-state index >= 15 is 0 Å². The number of nitrogens with zero attached hydrogens (tertiary/aromatic N) is 1. The number of nitrogens with one attached hydrogen (secondary N) is 1. The number of pyridine rings is 1. The van der Waals surface area contributed by atoms with Crippen LogP contribution in [-0.4, -0.2) is 28.0 Å². The van der Waals surface area contributed by atoms with Crippen LogP contribution in [0.3, 0.4) is 0 Å². The lowest BCUT2D eigenvalue weighted by atomic mass is 10.1. The fourth-order valence-electron chi connectivity index (χ4n) is 1.53. The zero-order valence-corrected chi connectivity index (χ0v) is 9.98. The van der Waals surface area contributed by atoms with Crippen molar-refractivity contribution in [2.45, 2.75) is 6.23 Å². The van der Waals surface area contributed by atoms with Crippen LogP contribution in [0.25, 0.3) is 0 Å². The number of aliphatic hydroxyl groups is 1. The molecule has 1 heterocycles. The Bertz CT molecular complexity index is 570. The van der Waals surface area contributed by atoms with Gasteiger partial charge in [0.2, 0.25) is 5.78 Å². The summed E-state index contributed by atoms with van der Waals surface area (Å²) in [5.41, 5.74) is 0.615. The van der Waals surface area contributed by atoms with Crippen LogP contribution in [0.2, 0.25) is 0 Å². The molecule has 0 saturated heterocycles. The highest BCUT2D eigenvalue weighted by Gasteiger charge is 2.19. The number of carbonyl (C=O) groups is 2. The Kier molecular flexibility index (Phi) is 4.00. The van der Waals surface area contributed by atoms with Crippen LogP contribution in [0.5, 0.6) is 0 Å². The van der Waals surface area contributed by atoms with E-state index in [2.05, 4.69) is 10.3 Å². The predicted molar refractivity (Wildman–Crippen MR) is 68.5 cm³/mol. The van der Waals surface area contributed by atoms with Crippen LogP contribution < -0.4 is 5.32 Å². The smallest absolute Gasteiger partial charge is 0.255 e. The summed E-state index contributed by atoms with van der Waals surface area (Å²) in [5, 5.41) is 11.9. The summed E-state index contributed by atoms with van der Waals surface area (Å²) in [5.74, 6) is -1.11. The molecule has 1 aromatic carbocycles. The van der Waals surface area contributed by atoms with Gasteiger partial charge in [0.25, 0.3) is 5.91 Å². The van der Waals surface area contributed by atoms with Gasteiger partial charge in [-0.05, 0) is 12.1 Å². The average molecular weight is 256 g/mol. The van der Waals surface area contributed by atoms with Gasteiger partial charge in [0.15, 0.2) is 6.23 Å². The molecule has 0 aliphatic carbocycles. The third-order valence-corrected chi connectivity index (χ3v) is 2.50. The molecule has 0 radical (unpaired) electrons. The number of aliphatic hydroxyl groups excluding tert-OH is 1. The topological polar surface area (TPSA) is 79.3 Å². The van der Waals surface area contributed by atoms with E-state index in [-0.39, 0.29) is 5.56 Å². The quantitative estimate of drug-likeness (QED) is 0.632. The van der Waals surface area contributed by atoms with Crippen molar-refractivity contribution in [3.05, 3.63) is 66.0 Å². The maximum Gasteiger partial charge on any atom is 0.255 e. The highest BCUT2D eigenvalue weighted by molar-refractivity contribution is 6.03. The van der Waals surface area contributed by atoms with Crippen molar-refractivity contribution < 1.29 is 14.7 Å². The molecular formula is C14H12N2O3. The molecule has 1 aromatic heterocycles. The maximum atomic E-state index is 11.8. The third kappa shape index (κ3) is 3.23. The van der Waals surface area contributed by atoms with Crippen LogP contribution >= 0.6 is 0 Å². The monoisotopic (exact) mass is 256 g/mol. The van der Waals surface area contributed by atoms with Crippen LogP contribution in [0.1, 0.15) is 20.7 Å². The van der Waals surface area contributed by atoms with E-state index < -0.39 is 17.9 Å². The van der Waals surface area contributed by atoms with Gasteiger partial charge < -0.3 is 10.4 Å². The molecule has 0 spiro atoms. The fourth-order valence-corrected chi connectivity index (χ4v) is 1.53. The Morgan fingerprint density at radius 2 is 1.74 bits per heavy atom. The molecule has 0 aliphatic heterocycles. The predicted octanol–water partition coefficient (Wildman–Crippen LogP) is 1.01. The molecule has 1 atom stereocenters. The van der Waals surface area contributed by atoms with Crippen molar-refractivity contribution in [1.29, 1.82) is 0 Å². The van der Waals surface area contributed by atoms with Gasteiger partial charge in [-0.1, -0.05) is 30.3 Å². The molecule has 0 fully saturated rings. The normalized spacial score (nSPS) is 11.6. The second-order valence-electron chi connectivity index (χ2n) is 3.85. The van der Waals surface area contributed by atoms with Crippen molar-refractivity contribution in [3.8, 4) is 0 Å². The first-order chi connectivity index (χ1) is 9.18. The molecule has 0 saturated carbocycles. The number of rotatable bonds is 4. The summed E-state index contributed by atoms with van der Waals surface area (Å²) in [4.78, 5) is 27.3. The highest BCUT2D eigenvalue weighted by atomic mass is 16.3. The van der Waals surface area contributed by atoms with Gasteiger partial charge in [-0.25, -0.2) is 0 Å². The molecule has 0 aliphatic rings. The molecule has 1 amide bonds. The second-order valence-corrected chi connectivity index (χ2v) is 3.85. The number of carbonyl (C=O) groups excluding carboxylic acids is 2. The number of ketones is 1. The number of hydrogen-bond acceptors (Lipinski definition) is 4. The number of benzene rings is 1. The standard InChI is InChI=1S/C14H12N2O3/c17-12(10-5-2-1-3-6-10)14(19)16-13(18)11-7-4-8-15-9-11/h1-9,14,19H,(H,16,18). The molecule has 96 valence electrons. The third-order valence-electron chi connectivity index (χ3n) is 2.50. The van der Waals surface area contributed by atoms with E-state index in [4.69, 9.17) is 0 Å². The summed E-state index contributed by atoms with van der Waals surface area (Å²) in [6.07, 6.45) is 1.31. The summed E-state index contributed by atoms with van der Waals surface area (Å²) in [7, 11) is 0. The average Bonchev–Trinajstić information content (AvgIpc) is 2.48. The summed E-state index contributed by atoms with van der Waals surface area (Å²) < 4.78 is 0. The fraction of sp³-hybridized carbons (Fsp3) is 0.0714. The van der Waals surface area contributed by atoms with Crippen molar-refractivity contribution >= 4 is 11.7 Å². The minimum absolute atomic E-state index is 0.280. The minimum atomic E-state index is -1.57. The Hall–Kier alpha value is -2.53. The lowest BCUT2D eigenvalue weighted by Gasteiger charge is -2.11. The lowest BCUT2D eigenvalue weighted by molar-refractivity contribution is 0.0607. The maximum absolute atomic E-state index is 11.8. The first-order valence-electron chi connectivity index (χ1n) is 5.66. The molecule has 0 bridgehead atoms. The van der Waals surface area contributed by atoms with E-state index in [1.807, 2.05) is 0 Å². The largest absolute Gasteiger partial charge is 0.367 e.